The largest absolute Gasteiger partial charge is 0.493 e. The summed E-state index contributed by atoms with van der Waals surface area (Å²) in [6, 6.07) is 6.23. The average Bonchev–Trinajstić information content (AvgIpc) is 2.27. The van der Waals surface area contributed by atoms with Crippen molar-refractivity contribution < 1.29 is 4.74 Å². The Morgan fingerprint density at radius 3 is 2.62 bits per heavy atom. The highest BCUT2D eigenvalue weighted by atomic mass is 127. The van der Waals surface area contributed by atoms with Crippen molar-refractivity contribution in [3.63, 3.8) is 0 Å². The number of halogens is 2. The third kappa shape index (κ3) is 3.91. The lowest BCUT2D eigenvalue weighted by atomic mass is 9.90. The van der Waals surface area contributed by atoms with Gasteiger partial charge < -0.3 is 4.74 Å². The van der Waals surface area contributed by atoms with Crippen molar-refractivity contribution in [1.29, 1.82) is 0 Å². The Hall–Kier alpha value is 0.230. The monoisotopic (exact) mass is 394 g/mol. The average molecular weight is 395 g/mol. The maximum absolute atomic E-state index is 5.87. The lowest BCUT2D eigenvalue weighted by molar-refractivity contribution is 0.208. The molecule has 0 radical (unpaired) electrons. The lowest BCUT2D eigenvalue weighted by Gasteiger charge is -2.21. The fraction of sp³-hybridized carbons (Fsp3) is 0.538. The summed E-state index contributed by atoms with van der Waals surface area (Å²) in [5.74, 6) is 1.76. The van der Waals surface area contributed by atoms with Crippen molar-refractivity contribution in [2.24, 2.45) is 5.92 Å². The van der Waals surface area contributed by atoms with E-state index in [-0.39, 0.29) is 0 Å². The van der Waals surface area contributed by atoms with Crippen LogP contribution in [-0.2, 0) is 0 Å². The molecule has 1 aromatic rings. The van der Waals surface area contributed by atoms with E-state index in [4.69, 9.17) is 4.74 Å². The minimum atomic E-state index is 0.769. The summed E-state index contributed by atoms with van der Waals surface area (Å²) < 4.78 is 8.18. The quantitative estimate of drug-likeness (QED) is 0.654. The van der Waals surface area contributed by atoms with E-state index in [0.29, 0.717) is 0 Å². The second kappa shape index (κ2) is 6.24. The van der Waals surface area contributed by atoms with Crippen LogP contribution < -0.4 is 4.74 Å². The summed E-state index contributed by atoms with van der Waals surface area (Å²) in [6.07, 6.45) is 6.84. The van der Waals surface area contributed by atoms with Gasteiger partial charge in [-0.25, -0.2) is 0 Å². The smallest absolute Gasteiger partial charge is 0.121 e. The van der Waals surface area contributed by atoms with Crippen LogP contribution in [-0.4, -0.2) is 6.61 Å². The summed E-state index contributed by atoms with van der Waals surface area (Å²) in [6.45, 7) is 0.881. The van der Waals surface area contributed by atoms with Crippen LogP contribution in [0.1, 0.15) is 32.1 Å². The molecule has 0 aromatic heterocycles. The Morgan fingerprint density at radius 1 is 1.19 bits per heavy atom. The molecule has 0 N–H and O–H groups in total. The molecule has 0 spiro atoms. The number of ether oxygens (including phenoxy) is 1. The van der Waals surface area contributed by atoms with Crippen molar-refractivity contribution in [2.45, 2.75) is 32.1 Å². The van der Waals surface area contributed by atoms with Gasteiger partial charge >= 0.3 is 0 Å². The van der Waals surface area contributed by atoms with Crippen LogP contribution in [0.5, 0.6) is 5.75 Å². The van der Waals surface area contributed by atoms with Gasteiger partial charge in [0, 0.05) is 8.04 Å². The molecule has 2 rings (SSSR count). The number of benzene rings is 1. The minimum absolute atomic E-state index is 0.769. The van der Waals surface area contributed by atoms with Crippen molar-refractivity contribution >= 4 is 38.5 Å². The van der Waals surface area contributed by atoms with Gasteiger partial charge in [0.25, 0.3) is 0 Å². The molecule has 1 fully saturated rings. The van der Waals surface area contributed by atoms with Crippen LogP contribution in [0.4, 0.5) is 0 Å². The van der Waals surface area contributed by atoms with Crippen molar-refractivity contribution in [3.05, 3.63) is 26.2 Å². The van der Waals surface area contributed by atoms with Gasteiger partial charge in [0.1, 0.15) is 5.75 Å². The lowest BCUT2D eigenvalue weighted by Crippen LogP contribution is -2.15. The molecule has 3 heteroatoms. The third-order valence-electron chi connectivity index (χ3n) is 3.05. The van der Waals surface area contributed by atoms with Gasteiger partial charge in [-0.2, -0.15) is 0 Å². The molecular formula is C13H16BrIO. The fourth-order valence-corrected chi connectivity index (χ4v) is 3.72. The van der Waals surface area contributed by atoms with Crippen LogP contribution in [0.3, 0.4) is 0 Å². The Labute approximate surface area is 119 Å². The van der Waals surface area contributed by atoms with Crippen LogP contribution >= 0.6 is 38.5 Å². The molecule has 0 unspecified atom stereocenters. The first-order valence-electron chi connectivity index (χ1n) is 5.83. The van der Waals surface area contributed by atoms with Crippen LogP contribution in [0, 0.1) is 9.49 Å². The van der Waals surface area contributed by atoms with Gasteiger partial charge in [-0.1, -0.05) is 35.2 Å². The zero-order valence-corrected chi connectivity index (χ0v) is 13.0. The molecule has 1 saturated carbocycles. The fourth-order valence-electron chi connectivity index (χ4n) is 2.18. The zero-order valence-electron chi connectivity index (χ0n) is 9.22. The molecule has 0 bridgehead atoms. The second-order valence-electron chi connectivity index (χ2n) is 4.42. The normalized spacial score (nSPS) is 17.4. The molecule has 16 heavy (non-hydrogen) atoms. The highest BCUT2D eigenvalue weighted by Crippen LogP contribution is 2.26. The predicted molar refractivity (Wildman–Crippen MR) is 78.9 cm³/mol. The van der Waals surface area contributed by atoms with Crippen molar-refractivity contribution in [2.75, 3.05) is 6.61 Å². The van der Waals surface area contributed by atoms with Gasteiger partial charge in [-0.15, -0.1) is 0 Å². The number of hydrogen-bond acceptors (Lipinski definition) is 1. The Bertz CT molecular complexity index is 328. The summed E-state index contributed by atoms with van der Waals surface area (Å²) in [5.41, 5.74) is 0. The molecule has 1 nitrogen and oxygen atoms in total. The Morgan fingerprint density at radius 2 is 1.94 bits per heavy atom. The van der Waals surface area contributed by atoms with Crippen molar-refractivity contribution in [1.82, 2.24) is 0 Å². The molecule has 1 aromatic carbocycles. The van der Waals surface area contributed by atoms with E-state index < -0.39 is 0 Å². The molecule has 0 saturated heterocycles. The first-order chi connectivity index (χ1) is 7.74. The third-order valence-corrected chi connectivity index (χ3v) is 4.13. The minimum Gasteiger partial charge on any atom is -0.493 e. The maximum atomic E-state index is 5.87. The van der Waals surface area contributed by atoms with Gasteiger partial charge in [0.2, 0.25) is 0 Å². The van der Waals surface area contributed by atoms with Gasteiger partial charge in [0.15, 0.2) is 0 Å². The van der Waals surface area contributed by atoms with E-state index in [9.17, 15) is 0 Å². The van der Waals surface area contributed by atoms with Crippen LogP contribution in [0.2, 0.25) is 0 Å². The topological polar surface area (TPSA) is 9.23 Å². The number of hydrogen-bond donors (Lipinski definition) is 0. The standard InChI is InChI=1S/C13H16BrIO/c14-11-6-12(15)8-13(7-11)16-9-10-4-2-1-3-5-10/h6-8,10H,1-5,9H2. The zero-order chi connectivity index (χ0) is 11.4. The van der Waals surface area contributed by atoms with E-state index >= 15 is 0 Å². The van der Waals surface area contributed by atoms with E-state index in [2.05, 4.69) is 50.7 Å². The summed E-state index contributed by atoms with van der Waals surface area (Å²) in [5, 5.41) is 0. The van der Waals surface area contributed by atoms with Gasteiger partial charge in [-0.3, -0.25) is 0 Å². The molecule has 1 aliphatic carbocycles. The second-order valence-corrected chi connectivity index (χ2v) is 6.58. The molecule has 1 aliphatic rings. The highest BCUT2D eigenvalue weighted by molar-refractivity contribution is 14.1. The summed E-state index contributed by atoms with van der Waals surface area (Å²) in [7, 11) is 0. The summed E-state index contributed by atoms with van der Waals surface area (Å²) >= 11 is 5.81. The highest BCUT2D eigenvalue weighted by Gasteiger charge is 2.14. The molecule has 88 valence electrons. The molecule has 0 amide bonds. The van der Waals surface area contributed by atoms with Gasteiger partial charge in [0.05, 0.1) is 6.61 Å². The van der Waals surface area contributed by atoms with Gasteiger partial charge in [-0.05, 0) is 59.5 Å². The van der Waals surface area contributed by atoms with Crippen LogP contribution in [0.15, 0.2) is 22.7 Å². The van der Waals surface area contributed by atoms with E-state index in [1.54, 1.807) is 0 Å². The van der Waals surface area contributed by atoms with E-state index in [1.807, 2.05) is 6.07 Å². The molecular weight excluding hydrogens is 379 g/mol. The Balaban J connectivity index is 1.88. The number of rotatable bonds is 3. The predicted octanol–water partition coefficient (Wildman–Crippen LogP) is 5.01. The first-order valence-corrected chi connectivity index (χ1v) is 7.70. The molecule has 0 aliphatic heterocycles. The Kier molecular flexibility index (Phi) is 4.95. The van der Waals surface area contributed by atoms with E-state index in [0.717, 1.165) is 22.7 Å². The first kappa shape index (κ1) is 12.7. The molecule has 0 atom stereocenters. The maximum Gasteiger partial charge on any atom is 0.121 e. The van der Waals surface area contributed by atoms with E-state index in [1.165, 1.54) is 35.7 Å². The SMILES string of the molecule is Brc1cc(I)cc(OCC2CCCCC2)c1. The molecule has 0 heterocycles. The van der Waals surface area contributed by atoms with Crippen molar-refractivity contribution in [3.8, 4) is 5.75 Å². The summed E-state index contributed by atoms with van der Waals surface area (Å²) in [4.78, 5) is 0. The van der Waals surface area contributed by atoms with Crippen LogP contribution in [0.25, 0.3) is 0 Å².